The molecule has 8 nitrogen and oxygen atoms in total. The predicted octanol–water partition coefficient (Wildman–Crippen LogP) is 6.66. The summed E-state index contributed by atoms with van der Waals surface area (Å²) in [6, 6.07) is 24.1. The second-order valence-electron chi connectivity index (χ2n) is 10.9. The zero-order chi connectivity index (χ0) is 30.5. The lowest BCUT2D eigenvalue weighted by Crippen LogP contribution is -2.44. The first-order chi connectivity index (χ1) is 21.4. The van der Waals surface area contributed by atoms with Gasteiger partial charge in [0.2, 0.25) is 5.88 Å². The van der Waals surface area contributed by atoms with Gasteiger partial charge in [-0.2, -0.15) is 0 Å². The van der Waals surface area contributed by atoms with E-state index in [0.717, 1.165) is 35.3 Å². The SMILES string of the molecule is CCc1ccc(-c2cccc(Oc3ncc(F)cc3C(=O)NC3CCC(NC(=O)c4cnc5ccccc5n4)CC3)c2)cc1. The molecule has 5 aromatic rings. The highest BCUT2D eigenvalue weighted by Crippen LogP contribution is 2.29. The molecule has 1 aliphatic carbocycles. The summed E-state index contributed by atoms with van der Waals surface area (Å²) in [5.74, 6) is -0.847. The zero-order valence-corrected chi connectivity index (χ0v) is 24.3. The van der Waals surface area contributed by atoms with Crippen LogP contribution in [0.4, 0.5) is 4.39 Å². The van der Waals surface area contributed by atoms with Crippen molar-refractivity contribution in [3.05, 3.63) is 114 Å². The number of ether oxygens (including phenoxy) is 1. The normalized spacial score (nSPS) is 16.3. The Morgan fingerprint density at radius 3 is 2.23 bits per heavy atom. The predicted molar refractivity (Wildman–Crippen MR) is 166 cm³/mol. The van der Waals surface area contributed by atoms with E-state index in [-0.39, 0.29) is 35.1 Å². The molecule has 3 aromatic carbocycles. The maximum absolute atomic E-state index is 14.2. The van der Waals surface area contributed by atoms with Crippen LogP contribution in [-0.2, 0) is 6.42 Å². The van der Waals surface area contributed by atoms with Crippen LogP contribution in [0.2, 0.25) is 0 Å². The Bertz CT molecular complexity index is 1800. The molecule has 2 aromatic heterocycles. The fourth-order valence-corrected chi connectivity index (χ4v) is 5.43. The minimum Gasteiger partial charge on any atom is -0.438 e. The molecule has 2 amide bonds. The number of para-hydroxylation sites is 2. The van der Waals surface area contributed by atoms with Crippen molar-refractivity contribution < 1.29 is 18.7 Å². The second-order valence-corrected chi connectivity index (χ2v) is 10.9. The monoisotopic (exact) mass is 589 g/mol. The third-order valence-corrected chi connectivity index (χ3v) is 7.89. The van der Waals surface area contributed by atoms with Crippen molar-refractivity contribution in [2.45, 2.75) is 51.1 Å². The number of fused-ring (bicyclic) bond motifs is 1. The summed E-state index contributed by atoms with van der Waals surface area (Å²) in [6.07, 6.45) is 6.13. The maximum Gasteiger partial charge on any atom is 0.271 e. The topological polar surface area (TPSA) is 106 Å². The molecule has 0 saturated heterocycles. The van der Waals surface area contributed by atoms with Gasteiger partial charge in [0, 0.05) is 12.1 Å². The summed E-state index contributed by atoms with van der Waals surface area (Å²) in [5.41, 5.74) is 4.92. The van der Waals surface area contributed by atoms with Crippen LogP contribution in [0.5, 0.6) is 11.6 Å². The lowest BCUT2D eigenvalue weighted by molar-refractivity contribution is 0.0887. The van der Waals surface area contributed by atoms with Gasteiger partial charge in [-0.15, -0.1) is 0 Å². The Kier molecular flexibility index (Phi) is 8.54. The first kappa shape index (κ1) is 28.9. The first-order valence-corrected chi connectivity index (χ1v) is 14.8. The molecule has 2 heterocycles. The van der Waals surface area contributed by atoms with E-state index >= 15 is 0 Å². The van der Waals surface area contributed by atoms with Crippen LogP contribution in [0.25, 0.3) is 22.2 Å². The molecular weight excluding hydrogens is 557 g/mol. The van der Waals surface area contributed by atoms with Crippen molar-refractivity contribution in [2.24, 2.45) is 0 Å². The largest absolute Gasteiger partial charge is 0.438 e. The van der Waals surface area contributed by atoms with Crippen molar-refractivity contribution in [2.75, 3.05) is 0 Å². The number of benzene rings is 3. The standard InChI is InChI=1S/C35H32FN5O3/c1-2-22-10-12-23(13-11-22)24-6-5-7-28(18-24)44-35-29(19-25(36)20-38-35)33(42)39-26-14-16-27(17-15-26)40-34(43)32-21-37-30-8-3-4-9-31(30)41-32/h3-13,18-21,26-27H,2,14-17H2,1H3,(H,39,42)(H,40,43). The molecule has 0 atom stereocenters. The number of amides is 2. The number of aromatic nitrogens is 3. The molecule has 44 heavy (non-hydrogen) atoms. The summed E-state index contributed by atoms with van der Waals surface area (Å²) in [4.78, 5) is 38.9. The molecular formula is C35H32FN5O3. The summed E-state index contributed by atoms with van der Waals surface area (Å²) < 4.78 is 20.2. The van der Waals surface area contributed by atoms with E-state index < -0.39 is 11.7 Å². The van der Waals surface area contributed by atoms with Crippen LogP contribution in [0.3, 0.4) is 0 Å². The van der Waals surface area contributed by atoms with Gasteiger partial charge in [0.15, 0.2) is 0 Å². The number of aryl methyl sites for hydroxylation is 1. The van der Waals surface area contributed by atoms with Crippen molar-refractivity contribution in [1.82, 2.24) is 25.6 Å². The lowest BCUT2D eigenvalue weighted by atomic mass is 9.91. The molecule has 222 valence electrons. The van der Waals surface area contributed by atoms with E-state index in [1.54, 1.807) is 6.07 Å². The summed E-state index contributed by atoms with van der Waals surface area (Å²) >= 11 is 0. The number of carbonyl (C=O) groups excluding carboxylic acids is 2. The van der Waals surface area contributed by atoms with Crippen molar-refractivity contribution >= 4 is 22.8 Å². The number of hydrogen-bond donors (Lipinski definition) is 2. The third kappa shape index (κ3) is 6.72. The van der Waals surface area contributed by atoms with Gasteiger partial charge in [0.25, 0.3) is 11.8 Å². The molecule has 0 unspecified atom stereocenters. The van der Waals surface area contributed by atoms with E-state index in [0.29, 0.717) is 36.9 Å². The Morgan fingerprint density at radius 2 is 1.50 bits per heavy atom. The Morgan fingerprint density at radius 1 is 0.795 bits per heavy atom. The minimum absolute atomic E-state index is 0.0213. The fraction of sp³-hybridized carbons (Fsp3) is 0.229. The number of pyridine rings is 1. The van der Waals surface area contributed by atoms with Crippen LogP contribution in [-0.4, -0.2) is 38.8 Å². The van der Waals surface area contributed by atoms with Gasteiger partial charge in [0.05, 0.1) is 23.4 Å². The highest BCUT2D eigenvalue weighted by Gasteiger charge is 2.26. The third-order valence-electron chi connectivity index (χ3n) is 7.89. The van der Waals surface area contributed by atoms with Gasteiger partial charge in [-0.1, -0.05) is 55.5 Å². The molecule has 6 rings (SSSR count). The number of halogens is 1. The van der Waals surface area contributed by atoms with Gasteiger partial charge in [0.1, 0.15) is 22.8 Å². The second kappa shape index (κ2) is 13.0. The minimum atomic E-state index is -0.629. The smallest absolute Gasteiger partial charge is 0.271 e. The summed E-state index contributed by atoms with van der Waals surface area (Å²) in [6.45, 7) is 2.11. The average Bonchev–Trinajstić information content (AvgIpc) is 3.06. The van der Waals surface area contributed by atoms with E-state index in [2.05, 4.69) is 56.8 Å². The van der Waals surface area contributed by atoms with Crippen LogP contribution in [0.1, 0.15) is 59.0 Å². The Labute approximate surface area is 254 Å². The number of nitrogens with one attached hydrogen (secondary N) is 2. The molecule has 1 fully saturated rings. The molecule has 1 aliphatic rings. The van der Waals surface area contributed by atoms with Gasteiger partial charge >= 0.3 is 0 Å². The van der Waals surface area contributed by atoms with Gasteiger partial charge < -0.3 is 15.4 Å². The van der Waals surface area contributed by atoms with Crippen LogP contribution in [0.15, 0.2) is 91.3 Å². The highest BCUT2D eigenvalue weighted by atomic mass is 19.1. The fourth-order valence-electron chi connectivity index (χ4n) is 5.43. The number of nitrogens with zero attached hydrogens (tertiary/aromatic N) is 3. The van der Waals surface area contributed by atoms with Crippen LogP contribution >= 0.6 is 0 Å². The van der Waals surface area contributed by atoms with E-state index in [1.165, 1.54) is 11.8 Å². The Balaban J connectivity index is 1.07. The lowest BCUT2D eigenvalue weighted by Gasteiger charge is -2.29. The molecule has 9 heteroatoms. The van der Waals surface area contributed by atoms with Crippen molar-refractivity contribution in [3.63, 3.8) is 0 Å². The van der Waals surface area contributed by atoms with Crippen molar-refractivity contribution in [1.29, 1.82) is 0 Å². The van der Waals surface area contributed by atoms with Crippen molar-refractivity contribution in [3.8, 4) is 22.8 Å². The average molecular weight is 590 g/mol. The maximum atomic E-state index is 14.2. The molecule has 0 aliphatic heterocycles. The van der Waals surface area contributed by atoms with Crippen LogP contribution in [0, 0.1) is 5.82 Å². The molecule has 0 spiro atoms. The van der Waals surface area contributed by atoms with Crippen LogP contribution < -0.4 is 15.4 Å². The van der Waals surface area contributed by atoms with Gasteiger partial charge in [-0.3, -0.25) is 14.6 Å². The number of hydrogen-bond acceptors (Lipinski definition) is 6. The Hall–Kier alpha value is -5.18. The first-order valence-electron chi connectivity index (χ1n) is 14.8. The van der Waals surface area contributed by atoms with E-state index in [1.807, 2.05) is 42.5 Å². The quantitative estimate of drug-likeness (QED) is 0.210. The zero-order valence-electron chi connectivity index (χ0n) is 24.3. The number of carbonyl (C=O) groups is 2. The molecule has 2 N–H and O–H groups in total. The van der Waals surface area contributed by atoms with Gasteiger partial charge in [-0.05, 0) is 79.1 Å². The van der Waals surface area contributed by atoms with E-state index in [4.69, 9.17) is 4.74 Å². The van der Waals surface area contributed by atoms with Gasteiger partial charge in [-0.25, -0.2) is 14.4 Å². The molecule has 0 radical (unpaired) electrons. The van der Waals surface area contributed by atoms with E-state index in [9.17, 15) is 14.0 Å². The molecule has 0 bridgehead atoms. The molecule has 1 saturated carbocycles. The summed E-state index contributed by atoms with van der Waals surface area (Å²) in [7, 11) is 0. The number of rotatable bonds is 8. The highest BCUT2D eigenvalue weighted by molar-refractivity contribution is 5.96. The summed E-state index contributed by atoms with van der Waals surface area (Å²) in [5, 5.41) is 6.04.